The molecule has 0 unspecified atom stereocenters. The van der Waals surface area contributed by atoms with Crippen molar-refractivity contribution in [3.63, 3.8) is 0 Å². The molecule has 0 spiro atoms. The Bertz CT molecular complexity index is 862. The quantitative estimate of drug-likeness (QED) is 0.357. The van der Waals surface area contributed by atoms with Gasteiger partial charge in [-0.2, -0.15) is 0 Å². The molecule has 0 aliphatic carbocycles. The molecular weight excluding hydrogens is 407 g/mol. The molecule has 5 heteroatoms. The maximum Gasteiger partial charge on any atom is 0.262 e. The average molecular weight is 422 g/mol. The molecule has 0 amide bonds. The van der Waals surface area contributed by atoms with Crippen molar-refractivity contribution in [2.24, 2.45) is 0 Å². The Morgan fingerprint density at radius 2 is 1.95 bits per heavy atom. The first-order valence-electron chi connectivity index (χ1n) is 7.06. The van der Waals surface area contributed by atoms with Gasteiger partial charge < -0.3 is 0 Å². The number of hydrogen-bond donors (Lipinski definition) is 0. The van der Waals surface area contributed by atoms with E-state index in [9.17, 15) is 4.79 Å². The monoisotopic (exact) mass is 422 g/mol. The first kappa shape index (κ1) is 15.6. The highest BCUT2D eigenvalue weighted by molar-refractivity contribution is 14.1. The molecule has 2 aromatic carbocycles. The molecular formula is C17H15IN2OS. The molecule has 112 valence electrons. The summed E-state index contributed by atoms with van der Waals surface area (Å²) in [7, 11) is 0. The standard InChI is InChI=1S/C17H15IN2OS/c1-2-20-16(21)14-10-13(18)8-9-15(14)19-17(20)22-11-12-6-4-3-5-7-12/h3-10H,2,11H2,1H3. The van der Waals surface area contributed by atoms with Gasteiger partial charge in [0.05, 0.1) is 10.9 Å². The number of fused-ring (bicyclic) bond motifs is 1. The fourth-order valence-electron chi connectivity index (χ4n) is 2.28. The van der Waals surface area contributed by atoms with Crippen LogP contribution in [0.15, 0.2) is 58.5 Å². The number of hydrogen-bond acceptors (Lipinski definition) is 3. The van der Waals surface area contributed by atoms with Gasteiger partial charge >= 0.3 is 0 Å². The second-order valence-electron chi connectivity index (χ2n) is 4.88. The lowest BCUT2D eigenvalue weighted by Gasteiger charge is -2.11. The van der Waals surface area contributed by atoms with Gasteiger partial charge in [-0.05, 0) is 53.3 Å². The molecule has 1 heterocycles. The van der Waals surface area contributed by atoms with Gasteiger partial charge in [-0.3, -0.25) is 9.36 Å². The lowest BCUT2D eigenvalue weighted by Crippen LogP contribution is -2.22. The van der Waals surface area contributed by atoms with Crippen LogP contribution in [0.2, 0.25) is 0 Å². The summed E-state index contributed by atoms with van der Waals surface area (Å²) in [5.41, 5.74) is 2.04. The summed E-state index contributed by atoms with van der Waals surface area (Å²) in [6, 6.07) is 16.0. The van der Waals surface area contributed by atoms with E-state index in [0.29, 0.717) is 11.9 Å². The van der Waals surface area contributed by atoms with E-state index in [2.05, 4.69) is 39.7 Å². The molecule has 0 atom stereocenters. The molecule has 3 aromatic rings. The molecule has 0 saturated heterocycles. The first-order valence-corrected chi connectivity index (χ1v) is 9.12. The van der Waals surface area contributed by atoms with Crippen LogP contribution in [-0.2, 0) is 12.3 Å². The molecule has 0 aliphatic heterocycles. The van der Waals surface area contributed by atoms with Crippen LogP contribution in [0.1, 0.15) is 12.5 Å². The minimum Gasteiger partial charge on any atom is -0.287 e. The largest absolute Gasteiger partial charge is 0.287 e. The highest BCUT2D eigenvalue weighted by Gasteiger charge is 2.11. The Balaban J connectivity index is 2.01. The van der Waals surface area contributed by atoms with Crippen molar-refractivity contribution in [1.29, 1.82) is 0 Å². The van der Waals surface area contributed by atoms with E-state index in [-0.39, 0.29) is 5.56 Å². The van der Waals surface area contributed by atoms with Gasteiger partial charge in [-0.1, -0.05) is 42.1 Å². The predicted octanol–water partition coefficient (Wildman–Crippen LogP) is 4.31. The lowest BCUT2D eigenvalue weighted by atomic mass is 10.2. The summed E-state index contributed by atoms with van der Waals surface area (Å²) in [4.78, 5) is 17.3. The molecule has 0 bridgehead atoms. The van der Waals surface area contributed by atoms with Gasteiger partial charge in [0.15, 0.2) is 5.16 Å². The zero-order valence-corrected chi connectivity index (χ0v) is 15.1. The molecule has 0 saturated carbocycles. The van der Waals surface area contributed by atoms with Crippen LogP contribution in [0.4, 0.5) is 0 Å². The number of aromatic nitrogens is 2. The molecule has 3 rings (SSSR count). The Morgan fingerprint density at radius 3 is 2.68 bits per heavy atom. The molecule has 0 aliphatic rings. The maximum absolute atomic E-state index is 12.7. The van der Waals surface area contributed by atoms with Crippen molar-refractivity contribution < 1.29 is 0 Å². The average Bonchev–Trinajstić information content (AvgIpc) is 2.55. The van der Waals surface area contributed by atoms with Gasteiger partial charge in [0.1, 0.15) is 0 Å². The fraction of sp³-hybridized carbons (Fsp3) is 0.176. The van der Waals surface area contributed by atoms with E-state index in [1.165, 1.54) is 5.56 Å². The second-order valence-corrected chi connectivity index (χ2v) is 7.07. The molecule has 0 fully saturated rings. The van der Waals surface area contributed by atoms with Gasteiger partial charge in [-0.25, -0.2) is 4.98 Å². The molecule has 0 radical (unpaired) electrons. The third-order valence-corrected chi connectivity index (χ3v) is 5.13. The second kappa shape index (κ2) is 6.83. The van der Waals surface area contributed by atoms with E-state index in [1.54, 1.807) is 16.3 Å². The normalized spacial score (nSPS) is 11.0. The Kier molecular flexibility index (Phi) is 4.83. The smallest absolute Gasteiger partial charge is 0.262 e. The Morgan fingerprint density at radius 1 is 1.18 bits per heavy atom. The summed E-state index contributed by atoms with van der Waals surface area (Å²) in [6.07, 6.45) is 0. The van der Waals surface area contributed by atoms with Gasteiger partial charge in [0.25, 0.3) is 5.56 Å². The van der Waals surface area contributed by atoms with E-state index in [1.807, 2.05) is 43.3 Å². The van der Waals surface area contributed by atoms with E-state index in [0.717, 1.165) is 20.0 Å². The molecule has 1 aromatic heterocycles. The van der Waals surface area contributed by atoms with Crippen molar-refractivity contribution in [2.45, 2.75) is 24.4 Å². The Hall–Kier alpha value is -1.34. The minimum absolute atomic E-state index is 0.0431. The number of rotatable bonds is 4. The van der Waals surface area contributed by atoms with Gasteiger partial charge in [0, 0.05) is 15.9 Å². The van der Waals surface area contributed by atoms with Crippen LogP contribution in [0.25, 0.3) is 10.9 Å². The highest BCUT2D eigenvalue weighted by Crippen LogP contribution is 2.22. The SMILES string of the molecule is CCn1c(SCc2ccccc2)nc2ccc(I)cc2c1=O. The van der Waals surface area contributed by atoms with Crippen molar-refractivity contribution in [1.82, 2.24) is 9.55 Å². The number of benzene rings is 2. The van der Waals surface area contributed by atoms with Crippen LogP contribution in [0, 0.1) is 3.57 Å². The van der Waals surface area contributed by atoms with E-state index in [4.69, 9.17) is 0 Å². The summed E-state index contributed by atoms with van der Waals surface area (Å²) in [6.45, 7) is 2.61. The third-order valence-electron chi connectivity index (χ3n) is 3.41. The lowest BCUT2D eigenvalue weighted by molar-refractivity contribution is 0.634. The number of nitrogens with zero attached hydrogens (tertiary/aromatic N) is 2. The van der Waals surface area contributed by atoms with Crippen LogP contribution in [-0.4, -0.2) is 9.55 Å². The first-order chi connectivity index (χ1) is 10.7. The highest BCUT2D eigenvalue weighted by atomic mass is 127. The fourth-order valence-corrected chi connectivity index (χ4v) is 3.79. The van der Waals surface area contributed by atoms with Crippen LogP contribution in [0.3, 0.4) is 0 Å². The van der Waals surface area contributed by atoms with Crippen LogP contribution >= 0.6 is 34.4 Å². The summed E-state index contributed by atoms with van der Waals surface area (Å²) in [5.74, 6) is 0.809. The molecule has 3 nitrogen and oxygen atoms in total. The topological polar surface area (TPSA) is 34.9 Å². The van der Waals surface area contributed by atoms with E-state index >= 15 is 0 Å². The van der Waals surface area contributed by atoms with Crippen LogP contribution < -0.4 is 5.56 Å². The zero-order chi connectivity index (χ0) is 15.5. The zero-order valence-electron chi connectivity index (χ0n) is 12.1. The minimum atomic E-state index is 0.0431. The maximum atomic E-state index is 12.7. The number of halogens is 1. The molecule has 22 heavy (non-hydrogen) atoms. The van der Waals surface area contributed by atoms with Crippen molar-refractivity contribution in [2.75, 3.05) is 0 Å². The summed E-state index contributed by atoms with van der Waals surface area (Å²) in [5, 5.41) is 1.47. The van der Waals surface area contributed by atoms with Gasteiger partial charge in [-0.15, -0.1) is 0 Å². The van der Waals surface area contributed by atoms with Crippen molar-refractivity contribution in [3.8, 4) is 0 Å². The van der Waals surface area contributed by atoms with E-state index < -0.39 is 0 Å². The summed E-state index contributed by atoms with van der Waals surface area (Å²) >= 11 is 3.83. The van der Waals surface area contributed by atoms with Crippen molar-refractivity contribution >= 4 is 45.3 Å². The molecule has 0 N–H and O–H groups in total. The Labute approximate surface area is 146 Å². The third kappa shape index (κ3) is 3.20. The predicted molar refractivity (Wildman–Crippen MR) is 100 cm³/mol. The summed E-state index contributed by atoms with van der Waals surface area (Å²) < 4.78 is 2.81. The van der Waals surface area contributed by atoms with Gasteiger partial charge in [0.2, 0.25) is 0 Å². The van der Waals surface area contributed by atoms with Crippen LogP contribution in [0.5, 0.6) is 0 Å². The van der Waals surface area contributed by atoms with Crippen molar-refractivity contribution in [3.05, 3.63) is 68.0 Å². The number of thioether (sulfide) groups is 1.